The first-order chi connectivity index (χ1) is 23.8. The van der Waals surface area contributed by atoms with Crippen molar-refractivity contribution in [3.63, 3.8) is 0 Å². The van der Waals surface area contributed by atoms with Crippen LogP contribution in [-0.4, -0.2) is 19.9 Å². The Bertz CT molecular complexity index is 2520. The SMILES string of the molecule is c1ccc(-c2ccccc2-c2ccc3c(-c4ccc(-c5nccs5)cn4)c4ccccc4c(-c4ccc(-c5nccs5)cn4)c3c2)cc1. The summed E-state index contributed by atoms with van der Waals surface area (Å²) >= 11 is 3.24. The van der Waals surface area contributed by atoms with E-state index in [1.807, 2.05) is 35.5 Å². The first-order valence-electron chi connectivity index (χ1n) is 15.7. The van der Waals surface area contributed by atoms with Crippen LogP contribution in [0.4, 0.5) is 0 Å². The van der Waals surface area contributed by atoms with E-state index < -0.39 is 0 Å². The molecule has 9 rings (SSSR count). The fourth-order valence-electron chi connectivity index (χ4n) is 6.57. The van der Waals surface area contributed by atoms with E-state index >= 15 is 0 Å². The van der Waals surface area contributed by atoms with Crippen molar-refractivity contribution in [2.24, 2.45) is 0 Å². The minimum Gasteiger partial charge on any atom is -0.255 e. The van der Waals surface area contributed by atoms with Crippen molar-refractivity contribution in [2.45, 2.75) is 0 Å². The Hall–Kier alpha value is -5.82. The molecule has 4 aromatic heterocycles. The van der Waals surface area contributed by atoms with Crippen LogP contribution in [0.3, 0.4) is 0 Å². The fraction of sp³-hybridized carbons (Fsp3) is 0. The maximum Gasteiger partial charge on any atom is 0.124 e. The summed E-state index contributed by atoms with van der Waals surface area (Å²) in [6.45, 7) is 0. The average Bonchev–Trinajstić information content (AvgIpc) is 3.91. The molecular formula is C42H26N4S2. The summed E-state index contributed by atoms with van der Waals surface area (Å²) < 4.78 is 0. The molecule has 0 aliphatic heterocycles. The molecular weight excluding hydrogens is 625 g/mol. The van der Waals surface area contributed by atoms with Gasteiger partial charge in [0.1, 0.15) is 10.0 Å². The largest absolute Gasteiger partial charge is 0.255 e. The van der Waals surface area contributed by atoms with Gasteiger partial charge in [-0.05, 0) is 74.1 Å². The standard InChI is InChI=1S/C42H26N4S2/c1-2-8-27(9-3-1)31-10-4-5-11-32(31)28-14-17-35-36(24-28)40(38-19-16-30(26-46-38)42-44-21-23-48-42)34-13-7-6-12-33(34)39(35)37-18-15-29(25-45-37)41-43-20-22-47-41/h1-26H. The molecule has 0 saturated carbocycles. The number of hydrogen-bond acceptors (Lipinski definition) is 6. The highest BCUT2D eigenvalue weighted by Crippen LogP contribution is 2.45. The van der Waals surface area contributed by atoms with Crippen molar-refractivity contribution in [3.8, 4) is 65.9 Å². The van der Waals surface area contributed by atoms with E-state index in [0.717, 1.165) is 70.8 Å². The van der Waals surface area contributed by atoms with E-state index in [-0.39, 0.29) is 0 Å². The van der Waals surface area contributed by atoms with E-state index in [9.17, 15) is 0 Å². The van der Waals surface area contributed by atoms with Gasteiger partial charge in [0, 0.05) is 57.8 Å². The highest BCUT2D eigenvalue weighted by molar-refractivity contribution is 7.13. The van der Waals surface area contributed by atoms with Gasteiger partial charge in [-0.25, -0.2) is 9.97 Å². The van der Waals surface area contributed by atoms with E-state index in [4.69, 9.17) is 9.97 Å². The predicted molar refractivity (Wildman–Crippen MR) is 201 cm³/mol. The third-order valence-electron chi connectivity index (χ3n) is 8.74. The lowest BCUT2D eigenvalue weighted by Gasteiger charge is -2.18. The first-order valence-corrected chi connectivity index (χ1v) is 17.4. The zero-order valence-corrected chi connectivity index (χ0v) is 27.2. The quantitative estimate of drug-likeness (QED) is 0.168. The van der Waals surface area contributed by atoms with Crippen molar-refractivity contribution in [2.75, 3.05) is 0 Å². The second-order valence-corrected chi connectivity index (χ2v) is 13.3. The molecule has 9 aromatic rings. The molecule has 0 aliphatic carbocycles. The molecule has 0 aliphatic rings. The Morgan fingerprint density at radius 3 is 1.42 bits per heavy atom. The number of thiazole rings is 2. The molecule has 0 fully saturated rings. The van der Waals surface area contributed by atoms with Gasteiger partial charge in [0.2, 0.25) is 0 Å². The predicted octanol–water partition coefficient (Wildman–Crippen LogP) is 11.7. The molecule has 0 N–H and O–H groups in total. The van der Waals surface area contributed by atoms with Crippen molar-refractivity contribution < 1.29 is 0 Å². The summed E-state index contributed by atoms with van der Waals surface area (Å²) in [5, 5.41) is 10.4. The summed E-state index contributed by atoms with van der Waals surface area (Å²) in [4.78, 5) is 19.1. The monoisotopic (exact) mass is 650 g/mol. The average molecular weight is 651 g/mol. The lowest BCUT2D eigenvalue weighted by Crippen LogP contribution is -1.95. The number of nitrogens with zero attached hydrogens (tertiary/aromatic N) is 4. The van der Waals surface area contributed by atoms with Crippen LogP contribution in [0.25, 0.3) is 87.5 Å². The van der Waals surface area contributed by atoms with Gasteiger partial charge in [-0.1, -0.05) is 91.0 Å². The molecule has 0 spiro atoms. The lowest BCUT2D eigenvalue weighted by molar-refractivity contribution is 1.31. The van der Waals surface area contributed by atoms with Gasteiger partial charge < -0.3 is 0 Å². The molecule has 5 aromatic carbocycles. The van der Waals surface area contributed by atoms with Crippen LogP contribution >= 0.6 is 22.7 Å². The van der Waals surface area contributed by atoms with Gasteiger partial charge in [0.05, 0.1) is 11.4 Å². The fourth-order valence-corrected chi connectivity index (χ4v) is 7.83. The molecule has 4 nitrogen and oxygen atoms in total. The maximum atomic E-state index is 5.06. The number of rotatable bonds is 6. The number of aromatic nitrogens is 4. The molecule has 4 heterocycles. The summed E-state index contributed by atoms with van der Waals surface area (Å²) in [6.07, 6.45) is 7.54. The van der Waals surface area contributed by atoms with Crippen molar-refractivity contribution in [3.05, 3.63) is 157 Å². The van der Waals surface area contributed by atoms with Crippen LogP contribution in [0.1, 0.15) is 0 Å². The van der Waals surface area contributed by atoms with Crippen LogP contribution in [0, 0.1) is 0 Å². The summed E-state index contributed by atoms with van der Waals surface area (Å²) in [5.41, 5.74) is 10.8. The highest BCUT2D eigenvalue weighted by Gasteiger charge is 2.20. The molecule has 0 saturated heterocycles. The van der Waals surface area contributed by atoms with Gasteiger partial charge in [0.25, 0.3) is 0 Å². The van der Waals surface area contributed by atoms with E-state index in [0.29, 0.717) is 0 Å². The summed E-state index contributed by atoms with van der Waals surface area (Å²) in [5.74, 6) is 0. The van der Waals surface area contributed by atoms with E-state index in [2.05, 4.69) is 131 Å². The number of fused-ring (bicyclic) bond motifs is 2. The number of hydrogen-bond donors (Lipinski definition) is 0. The van der Waals surface area contributed by atoms with Gasteiger partial charge in [-0.2, -0.15) is 0 Å². The van der Waals surface area contributed by atoms with Crippen LogP contribution < -0.4 is 0 Å². The minimum atomic E-state index is 0.920. The second kappa shape index (κ2) is 12.1. The smallest absolute Gasteiger partial charge is 0.124 e. The Balaban J connectivity index is 1.31. The van der Waals surface area contributed by atoms with Gasteiger partial charge in [-0.15, -0.1) is 22.7 Å². The van der Waals surface area contributed by atoms with Gasteiger partial charge in [-0.3, -0.25) is 9.97 Å². The molecule has 0 atom stereocenters. The minimum absolute atomic E-state index is 0.920. The zero-order chi connectivity index (χ0) is 31.9. The molecule has 0 radical (unpaired) electrons. The Morgan fingerprint density at radius 2 is 0.875 bits per heavy atom. The highest BCUT2D eigenvalue weighted by atomic mass is 32.1. The van der Waals surface area contributed by atoms with Gasteiger partial charge >= 0.3 is 0 Å². The molecule has 226 valence electrons. The van der Waals surface area contributed by atoms with Crippen LogP contribution in [-0.2, 0) is 0 Å². The van der Waals surface area contributed by atoms with Crippen molar-refractivity contribution >= 4 is 44.2 Å². The van der Waals surface area contributed by atoms with Crippen LogP contribution in [0.15, 0.2) is 157 Å². The Morgan fingerprint density at radius 1 is 0.375 bits per heavy atom. The summed E-state index contributed by atoms with van der Waals surface area (Å²) in [7, 11) is 0. The van der Waals surface area contributed by atoms with Crippen LogP contribution in [0.5, 0.6) is 0 Å². The number of pyridine rings is 2. The molecule has 0 amide bonds. The van der Waals surface area contributed by atoms with E-state index in [1.165, 1.54) is 16.7 Å². The second-order valence-electron chi connectivity index (χ2n) is 11.5. The molecule has 6 heteroatoms. The normalized spacial score (nSPS) is 11.3. The topological polar surface area (TPSA) is 51.6 Å². The Labute approximate surface area is 285 Å². The van der Waals surface area contributed by atoms with Crippen LogP contribution in [0.2, 0.25) is 0 Å². The number of benzene rings is 5. The zero-order valence-electron chi connectivity index (χ0n) is 25.6. The maximum absolute atomic E-state index is 5.06. The lowest BCUT2D eigenvalue weighted by atomic mass is 9.86. The van der Waals surface area contributed by atoms with Crippen molar-refractivity contribution in [1.82, 2.24) is 19.9 Å². The molecule has 0 bridgehead atoms. The Kier molecular flexibility index (Phi) is 7.15. The third kappa shape index (κ3) is 4.99. The van der Waals surface area contributed by atoms with E-state index in [1.54, 1.807) is 22.7 Å². The summed E-state index contributed by atoms with van der Waals surface area (Å²) in [6, 6.07) is 43.2. The molecule has 48 heavy (non-hydrogen) atoms. The third-order valence-corrected chi connectivity index (χ3v) is 10.4. The molecule has 0 unspecified atom stereocenters. The van der Waals surface area contributed by atoms with Crippen molar-refractivity contribution in [1.29, 1.82) is 0 Å². The van der Waals surface area contributed by atoms with Gasteiger partial charge in [0.15, 0.2) is 0 Å². The first kappa shape index (κ1) is 28.4.